The Morgan fingerprint density at radius 2 is 2.20 bits per heavy atom. The molecule has 2 N–H and O–H groups in total. The van der Waals surface area contributed by atoms with Gasteiger partial charge < -0.3 is 10.6 Å². The van der Waals surface area contributed by atoms with Crippen molar-refractivity contribution in [2.24, 2.45) is 0 Å². The lowest BCUT2D eigenvalue weighted by Gasteiger charge is -2.29. The fourth-order valence-electron chi connectivity index (χ4n) is 3.31. The van der Waals surface area contributed by atoms with Crippen LogP contribution in [-0.4, -0.2) is 30.0 Å². The monoisotopic (exact) mass is 290 g/mol. The molecule has 0 radical (unpaired) electrons. The van der Waals surface area contributed by atoms with Crippen LogP contribution in [0.15, 0.2) is 24.3 Å². The van der Waals surface area contributed by atoms with Crippen molar-refractivity contribution in [3.05, 3.63) is 29.8 Å². The second kappa shape index (κ2) is 6.08. The van der Waals surface area contributed by atoms with Crippen LogP contribution < -0.4 is 10.6 Å². The third-order valence-electron chi connectivity index (χ3n) is 4.46. The molecule has 1 aromatic carbocycles. The highest BCUT2D eigenvalue weighted by atomic mass is 32.2. The highest BCUT2D eigenvalue weighted by Crippen LogP contribution is 2.32. The van der Waals surface area contributed by atoms with E-state index in [9.17, 15) is 4.79 Å². The molecule has 1 saturated carbocycles. The summed E-state index contributed by atoms with van der Waals surface area (Å²) in [6, 6.07) is 8.49. The van der Waals surface area contributed by atoms with Crippen LogP contribution in [0.25, 0.3) is 0 Å². The molecule has 0 aromatic heterocycles. The zero-order chi connectivity index (χ0) is 13.9. The van der Waals surface area contributed by atoms with Crippen molar-refractivity contribution < 1.29 is 4.79 Å². The van der Waals surface area contributed by atoms with Gasteiger partial charge in [-0.05, 0) is 37.1 Å². The van der Waals surface area contributed by atoms with Gasteiger partial charge in [-0.1, -0.05) is 24.6 Å². The number of carbonyl (C=O) groups is 1. The maximum atomic E-state index is 12.5. The smallest absolute Gasteiger partial charge is 0.229 e. The summed E-state index contributed by atoms with van der Waals surface area (Å²) >= 11 is 1.93. The Labute approximate surface area is 124 Å². The molecule has 108 valence electrons. The Morgan fingerprint density at radius 1 is 1.35 bits per heavy atom. The Balaban J connectivity index is 1.63. The normalized spacial score (nSPS) is 28.6. The van der Waals surface area contributed by atoms with E-state index in [0.29, 0.717) is 11.3 Å². The average Bonchev–Trinajstić information content (AvgIpc) is 2.91. The van der Waals surface area contributed by atoms with Crippen molar-refractivity contribution in [1.29, 1.82) is 0 Å². The summed E-state index contributed by atoms with van der Waals surface area (Å²) < 4.78 is 0. The molecule has 20 heavy (non-hydrogen) atoms. The van der Waals surface area contributed by atoms with Crippen molar-refractivity contribution in [2.75, 3.05) is 18.1 Å². The topological polar surface area (TPSA) is 41.1 Å². The predicted octanol–water partition coefficient (Wildman–Crippen LogP) is 2.99. The van der Waals surface area contributed by atoms with Gasteiger partial charge in [0.25, 0.3) is 0 Å². The molecule has 2 aliphatic rings. The Morgan fingerprint density at radius 3 is 3.05 bits per heavy atom. The van der Waals surface area contributed by atoms with Gasteiger partial charge in [0.05, 0.1) is 5.92 Å². The maximum Gasteiger partial charge on any atom is 0.229 e. The number of nitrogens with one attached hydrogen (secondary N) is 2. The van der Waals surface area contributed by atoms with Crippen molar-refractivity contribution in [2.45, 2.75) is 42.9 Å². The fraction of sp³-hybridized carbons (Fsp3) is 0.562. The number of fused-ring (bicyclic) bond motifs is 1. The number of para-hydroxylation sites is 1. The second-order valence-corrected chi connectivity index (χ2v) is 6.89. The Hall–Kier alpha value is -1.16. The molecule has 0 spiro atoms. The summed E-state index contributed by atoms with van der Waals surface area (Å²) in [5, 5.41) is 7.31. The van der Waals surface area contributed by atoms with Gasteiger partial charge in [0, 0.05) is 23.5 Å². The molecule has 3 rings (SSSR count). The standard InChI is InChI=1S/C16H22N2OS/c1-20-12-6-4-5-11(9-12)18-16(19)14-10-17-15-8-3-2-7-13(14)15/h2-3,7-8,11-12,14,17H,4-6,9-10H2,1H3,(H,18,19). The van der Waals surface area contributed by atoms with Crippen LogP contribution >= 0.6 is 11.8 Å². The van der Waals surface area contributed by atoms with E-state index < -0.39 is 0 Å². The lowest BCUT2D eigenvalue weighted by Crippen LogP contribution is -2.41. The zero-order valence-electron chi connectivity index (χ0n) is 11.9. The number of hydrogen-bond donors (Lipinski definition) is 2. The molecule has 4 heteroatoms. The predicted molar refractivity (Wildman–Crippen MR) is 85.4 cm³/mol. The number of rotatable bonds is 3. The number of hydrogen-bond acceptors (Lipinski definition) is 3. The Kier molecular flexibility index (Phi) is 4.20. The van der Waals surface area contributed by atoms with Crippen molar-refractivity contribution in [3.8, 4) is 0 Å². The quantitative estimate of drug-likeness (QED) is 0.899. The van der Waals surface area contributed by atoms with Crippen LogP contribution in [0.5, 0.6) is 0 Å². The molecule has 3 nitrogen and oxygen atoms in total. The van der Waals surface area contributed by atoms with Crippen molar-refractivity contribution in [1.82, 2.24) is 5.32 Å². The Bertz CT molecular complexity index is 491. The minimum Gasteiger partial charge on any atom is -0.384 e. The van der Waals surface area contributed by atoms with E-state index >= 15 is 0 Å². The van der Waals surface area contributed by atoms with Gasteiger partial charge in [-0.3, -0.25) is 4.79 Å². The largest absolute Gasteiger partial charge is 0.384 e. The van der Waals surface area contributed by atoms with Gasteiger partial charge in [0.1, 0.15) is 0 Å². The van der Waals surface area contributed by atoms with E-state index in [4.69, 9.17) is 0 Å². The van der Waals surface area contributed by atoms with E-state index in [1.54, 1.807) is 0 Å². The van der Waals surface area contributed by atoms with Crippen LogP contribution in [0.1, 0.15) is 37.2 Å². The van der Waals surface area contributed by atoms with Gasteiger partial charge >= 0.3 is 0 Å². The van der Waals surface area contributed by atoms with Crippen LogP contribution in [0.3, 0.4) is 0 Å². The molecule has 1 aromatic rings. The van der Waals surface area contributed by atoms with E-state index in [1.807, 2.05) is 30.0 Å². The lowest BCUT2D eigenvalue weighted by atomic mass is 9.93. The van der Waals surface area contributed by atoms with E-state index in [-0.39, 0.29) is 11.8 Å². The van der Waals surface area contributed by atoms with Crippen LogP contribution in [-0.2, 0) is 4.79 Å². The van der Waals surface area contributed by atoms with Crippen molar-refractivity contribution in [3.63, 3.8) is 0 Å². The average molecular weight is 290 g/mol. The first-order valence-corrected chi connectivity index (χ1v) is 8.72. The lowest BCUT2D eigenvalue weighted by molar-refractivity contribution is -0.123. The molecule has 1 amide bonds. The number of carbonyl (C=O) groups excluding carboxylic acids is 1. The SMILES string of the molecule is CSC1CCCC(NC(=O)C2CNc3ccccc32)C1. The third kappa shape index (κ3) is 2.80. The number of thioether (sulfide) groups is 1. The minimum atomic E-state index is -0.0270. The molecular weight excluding hydrogens is 268 g/mol. The van der Waals surface area contributed by atoms with Gasteiger partial charge in [0.2, 0.25) is 5.91 Å². The summed E-state index contributed by atoms with van der Waals surface area (Å²) in [6.45, 7) is 0.726. The first kappa shape index (κ1) is 13.8. The molecule has 1 fully saturated rings. The molecule has 1 heterocycles. The second-order valence-electron chi connectivity index (χ2n) is 5.75. The first-order valence-electron chi connectivity index (χ1n) is 7.44. The first-order chi connectivity index (χ1) is 9.78. The fourth-order valence-corrected chi connectivity index (χ4v) is 4.14. The van der Waals surface area contributed by atoms with Gasteiger partial charge in [-0.2, -0.15) is 11.8 Å². The molecule has 1 aliphatic heterocycles. The molecule has 3 atom stereocenters. The van der Waals surface area contributed by atoms with E-state index in [1.165, 1.54) is 12.8 Å². The van der Waals surface area contributed by atoms with Gasteiger partial charge in [-0.25, -0.2) is 0 Å². The zero-order valence-corrected chi connectivity index (χ0v) is 12.7. The number of benzene rings is 1. The number of anilines is 1. The van der Waals surface area contributed by atoms with Crippen molar-refractivity contribution >= 4 is 23.4 Å². The maximum absolute atomic E-state index is 12.5. The number of amides is 1. The molecule has 0 saturated heterocycles. The minimum absolute atomic E-state index is 0.0270. The highest BCUT2D eigenvalue weighted by molar-refractivity contribution is 7.99. The molecule has 3 unspecified atom stereocenters. The van der Waals surface area contributed by atoms with Crippen LogP contribution in [0.4, 0.5) is 5.69 Å². The summed E-state index contributed by atoms with van der Waals surface area (Å²) in [5.74, 6) is 0.162. The molecule has 0 bridgehead atoms. The van der Waals surface area contributed by atoms with E-state index in [0.717, 1.165) is 30.6 Å². The third-order valence-corrected chi connectivity index (χ3v) is 5.55. The summed E-state index contributed by atoms with van der Waals surface area (Å²) in [7, 11) is 0. The summed E-state index contributed by atoms with van der Waals surface area (Å²) in [6.07, 6.45) is 6.95. The van der Waals surface area contributed by atoms with Gasteiger partial charge in [0.15, 0.2) is 0 Å². The summed E-state index contributed by atoms with van der Waals surface area (Å²) in [4.78, 5) is 12.5. The highest BCUT2D eigenvalue weighted by Gasteiger charge is 2.30. The van der Waals surface area contributed by atoms with Crippen LogP contribution in [0, 0.1) is 0 Å². The van der Waals surface area contributed by atoms with Crippen LogP contribution in [0.2, 0.25) is 0 Å². The molecular formula is C16H22N2OS. The molecule has 1 aliphatic carbocycles. The van der Waals surface area contributed by atoms with E-state index in [2.05, 4.69) is 23.0 Å². The van der Waals surface area contributed by atoms with Gasteiger partial charge in [-0.15, -0.1) is 0 Å². The summed E-state index contributed by atoms with van der Waals surface area (Å²) in [5.41, 5.74) is 2.25.